The predicted octanol–water partition coefficient (Wildman–Crippen LogP) is 2.43. The molecule has 0 bridgehead atoms. The number of amides is 2. The first kappa shape index (κ1) is 18.4. The standard InChI is InChI=1S/C21H26N2O3/c1-15-11-16(9-10-26-15)13-22-21(25)14-23-20(24)12-18-7-4-6-17-5-2-3-8-19(17)18/h2-8,15-16H,9-14H2,1H3,(H,22,25)(H,23,24). The minimum absolute atomic E-state index is 0.0162. The lowest BCUT2D eigenvalue weighted by Gasteiger charge is -2.27. The normalized spacial score (nSPS) is 19.9. The molecule has 0 saturated carbocycles. The summed E-state index contributed by atoms with van der Waals surface area (Å²) in [4.78, 5) is 24.2. The number of hydrogen-bond acceptors (Lipinski definition) is 3. The number of carbonyl (C=O) groups is 2. The lowest BCUT2D eigenvalue weighted by Crippen LogP contribution is -2.40. The van der Waals surface area contributed by atoms with Crippen LogP contribution in [-0.2, 0) is 20.7 Å². The molecule has 26 heavy (non-hydrogen) atoms. The summed E-state index contributed by atoms with van der Waals surface area (Å²) in [6, 6.07) is 13.9. The Morgan fingerprint density at radius 1 is 1.08 bits per heavy atom. The second-order valence-corrected chi connectivity index (χ2v) is 6.97. The van der Waals surface area contributed by atoms with Gasteiger partial charge >= 0.3 is 0 Å². The molecule has 2 unspecified atom stereocenters. The molecule has 2 aromatic rings. The topological polar surface area (TPSA) is 67.4 Å². The van der Waals surface area contributed by atoms with Crippen LogP contribution in [-0.4, -0.2) is 37.6 Å². The first-order valence-corrected chi connectivity index (χ1v) is 9.23. The quantitative estimate of drug-likeness (QED) is 0.837. The smallest absolute Gasteiger partial charge is 0.239 e. The molecule has 1 saturated heterocycles. The highest BCUT2D eigenvalue weighted by Crippen LogP contribution is 2.19. The number of nitrogens with one attached hydrogen (secondary N) is 2. The highest BCUT2D eigenvalue weighted by atomic mass is 16.5. The van der Waals surface area contributed by atoms with E-state index in [1.807, 2.05) is 42.5 Å². The molecule has 1 aliphatic rings. The van der Waals surface area contributed by atoms with Crippen molar-refractivity contribution in [2.24, 2.45) is 5.92 Å². The summed E-state index contributed by atoms with van der Waals surface area (Å²) in [6.07, 6.45) is 2.46. The van der Waals surface area contributed by atoms with Crippen LogP contribution < -0.4 is 10.6 Å². The molecular formula is C21H26N2O3. The summed E-state index contributed by atoms with van der Waals surface area (Å²) in [5.41, 5.74) is 0.970. The molecule has 2 N–H and O–H groups in total. The van der Waals surface area contributed by atoms with Crippen molar-refractivity contribution in [3.8, 4) is 0 Å². The van der Waals surface area contributed by atoms with Gasteiger partial charge in [0.1, 0.15) is 0 Å². The molecule has 2 atom stereocenters. The summed E-state index contributed by atoms with van der Waals surface area (Å²) < 4.78 is 5.51. The third kappa shape index (κ3) is 5.05. The molecule has 3 rings (SSSR count). The third-order valence-electron chi connectivity index (χ3n) is 4.86. The predicted molar refractivity (Wildman–Crippen MR) is 102 cm³/mol. The molecule has 1 fully saturated rings. The van der Waals surface area contributed by atoms with Crippen molar-refractivity contribution in [2.75, 3.05) is 19.7 Å². The largest absolute Gasteiger partial charge is 0.378 e. The maximum atomic E-state index is 12.2. The first-order chi connectivity index (χ1) is 12.6. The van der Waals surface area contributed by atoms with E-state index in [9.17, 15) is 9.59 Å². The molecule has 0 aromatic heterocycles. The maximum Gasteiger partial charge on any atom is 0.239 e. The number of fused-ring (bicyclic) bond motifs is 1. The van der Waals surface area contributed by atoms with Crippen LogP contribution in [0.3, 0.4) is 0 Å². The second kappa shape index (κ2) is 8.81. The van der Waals surface area contributed by atoms with Gasteiger partial charge in [-0.1, -0.05) is 42.5 Å². The van der Waals surface area contributed by atoms with Gasteiger partial charge in [-0.15, -0.1) is 0 Å². The molecule has 5 nitrogen and oxygen atoms in total. The number of ether oxygens (including phenoxy) is 1. The summed E-state index contributed by atoms with van der Waals surface area (Å²) in [7, 11) is 0. The van der Waals surface area contributed by atoms with Crippen LogP contribution in [0.15, 0.2) is 42.5 Å². The number of carbonyl (C=O) groups excluding carboxylic acids is 2. The fourth-order valence-electron chi connectivity index (χ4n) is 3.46. The van der Waals surface area contributed by atoms with Gasteiger partial charge in [0.15, 0.2) is 0 Å². The van der Waals surface area contributed by atoms with Gasteiger partial charge in [-0.3, -0.25) is 9.59 Å². The molecular weight excluding hydrogens is 328 g/mol. The average molecular weight is 354 g/mol. The average Bonchev–Trinajstić information content (AvgIpc) is 2.65. The van der Waals surface area contributed by atoms with Crippen LogP contribution in [0.1, 0.15) is 25.3 Å². The van der Waals surface area contributed by atoms with E-state index >= 15 is 0 Å². The molecule has 0 radical (unpaired) electrons. The maximum absolute atomic E-state index is 12.2. The van der Waals surface area contributed by atoms with Crippen molar-refractivity contribution in [3.63, 3.8) is 0 Å². The van der Waals surface area contributed by atoms with Crippen LogP contribution in [0.2, 0.25) is 0 Å². The van der Waals surface area contributed by atoms with Crippen LogP contribution >= 0.6 is 0 Å². The monoisotopic (exact) mass is 354 g/mol. The van der Waals surface area contributed by atoms with Crippen molar-refractivity contribution >= 4 is 22.6 Å². The van der Waals surface area contributed by atoms with Crippen LogP contribution in [0.25, 0.3) is 10.8 Å². The second-order valence-electron chi connectivity index (χ2n) is 6.97. The van der Waals surface area contributed by atoms with Crippen LogP contribution in [0, 0.1) is 5.92 Å². The Morgan fingerprint density at radius 2 is 1.88 bits per heavy atom. The fourth-order valence-corrected chi connectivity index (χ4v) is 3.46. The molecule has 0 aliphatic carbocycles. The van der Waals surface area contributed by atoms with Crippen LogP contribution in [0.4, 0.5) is 0 Å². The Kier molecular flexibility index (Phi) is 6.23. The molecule has 5 heteroatoms. The number of rotatable bonds is 6. The highest BCUT2D eigenvalue weighted by molar-refractivity contribution is 5.91. The summed E-state index contributed by atoms with van der Waals surface area (Å²) in [6.45, 7) is 3.47. The van der Waals surface area contributed by atoms with E-state index in [2.05, 4.69) is 17.6 Å². The van der Waals surface area contributed by atoms with Crippen molar-refractivity contribution in [3.05, 3.63) is 48.0 Å². The Labute approximate surface area is 154 Å². The molecule has 1 aliphatic heterocycles. The van der Waals surface area contributed by atoms with Gasteiger partial charge in [0.05, 0.1) is 19.1 Å². The molecule has 138 valence electrons. The number of benzene rings is 2. The first-order valence-electron chi connectivity index (χ1n) is 9.23. The van der Waals surface area contributed by atoms with Gasteiger partial charge in [0.25, 0.3) is 0 Å². The van der Waals surface area contributed by atoms with E-state index in [1.165, 1.54) is 0 Å². The van der Waals surface area contributed by atoms with Crippen LogP contribution in [0.5, 0.6) is 0 Å². The van der Waals surface area contributed by atoms with E-state index in [-0.39, 0.29) is 30.9 Å². The zero-order chi connectivity index (χ0) is 18.4. The van der Waals surface area contributed by atoms with Crippen molar-refractivity contribution in [1.29, 1.82) is 0 Å². The summed E-state index contributed by atoms with van der Waals surface area (Å²) >= 11 is 0. The highest BCUT2D eigenvalue weighted by Gasteiger charge is 2.19. The lowest BCUT2D eigenvalue weighted by atomic mass is 9.96. The minimum atomic E-state index is -0.143. The molecule has 2 amide bonds. The Hall–Kier alpha value is -2.40. The Balaban J connectivity index is 1.44. The molecule has 1 heterocycles. The zero-order valence-electron chi connectivity index (χ0n) is 15.2. The van der Waals surface area contributed by atoms with E-state index in [4.69, 9.17) is 4.74 Å². The van der Waals surface area contributed by atoms with E-state index in [1.54, 1.807) is 0 Å². The van der Waals surface area contributed by atoms with E-state index < -0.39 is 0 Å². The Bertz CT molecular complexity index is 769. The van der Waals surface area contributed by atoms with Gasteiger partial charge < -0.3 is 15.4 Å². The van der Waals surface area contributed by atoms with Gasteiger partial charge in [0, 0.05) is 13.2 Å². The molecule has 2 aromatic carbocycles. The van der Waals surface area contributed by atoms with Crippen molar-refractivity contribution < 1.29 is 14.3 Å². The fraction of sp³-hybridized carbons (Fsp3) is 0.429. The number of hydrogen-bond donors (Lipinski definition) is 2. The lowest BCUT2D eigenvalue weighted by molar-refractivity contribution is -0.126. The third-order valence-corrected chi connectivity index (χ3v) is 4.86. The van der Waals surface area contributed by atoms with Gasteiger partial charge in [-0.05, 0) is 42.0 Å². The summed E-state index contributed by atoms with van der Waals surface area (Å²) in [5, 5.41) is 7.81. The molecule has 0 spiro atoms. The summed E-state index contributed by atoms with van der Waals surface area (Å²) in [5.74, 6) is 0.167. The van der Waals surface area contributed by atoms with Gasteiger partial charge in [0.2, 0.25) is 11.8 Å². The van der Waals surface area contributed by atoms with Crippen molar-refractivity contribution in [2.45, 2.75) is 32.3 Å². The van der Waals surface area contributed by atoms with Gasteiger partial charge in [-0.2, -0.15) is 0 Å². The SMILES string of the molecule is CC1CC(CNC(=O)CNC(=O)Cc2cccc3ccccc23)CCO1. The minimum Gasteiger partial charge on any atom is -0.378 e. The Morgan fingerprint density at radius 3 is 2.73 bits per heavy atom. The van der Waals surface area contributed by atoms with Gasteiger partial charge in [-0.25, -0.2) is 0 Å². The zero-order valence-corrected chi connectivity index (χ0v) is 15.2. The van der Waals surface area contributed by atoms with E-state index in [0.717, 1.165) is 35.8 Å². The van der Waals surface area contributed by atoms with E-state index in [0.29, 0.717) is 12.5 Å². The van der Waals surface area contributed by atoms with Crippen molar-refractivity contribution in [1.82, 2.24) is 10.6 Å².